The predicted molar refractivity (Wildman–Crippen MR) is 130 cm³/mol. The van der Waals surface area contributed by atoms with Crippen LogP contribution in [-0.4, -0.2) is 48.9 Å². The minimum atomic E-state index is -0.124. The van der Waals surface area contributed by atoms with E-state index in [4.69, 9.17) is 4.74 Å². The molecule has 10 heteroatoms. The molecule has 33 heavy (non-hydrogen) atoms. The molecule has 1 aromatic carbocycles. The van der Waals surface area contributed by atoms with Gasteiger partial charge in [0.2, 0.25) is 5.91 Å². The van der Waals surface area contributed by atoms with Crippen molar-refractivity contribution in [2.24, 2.45) is 0 Å². The van der Waals surface area contributed by atoms with Crippen molar-refractivity contribution in [2.75, 3.05) is 17.7 Å². The molecule has 0 unspecified atom stereocenters. The van der Waals surface area contributed by atoms with Gasteiger partial charge in [0.25, 0.3) is 0 Å². The number of nitrogens with one attached hydrogen (secondary N) is 1. The second kappa shape index (κ2) is 9.90. The molecule has 4 heterocycles. The Labute approximate surface area is 200 Å². The minimum absolute atomic E-state index is 0.124. The lowest BCUT2D eigenvalue weighted by Crippen LogP contribution is -2.19. The molecule has 5 rings (SSSR count). The van der Waals surface area contributed by atoms with Crippen molar-refractivity contribution in [3.05, 3.63) is 59.6 Å². The molecule has 0 bridgehead atoms. The van der Waals surface area contributed by atoms with Gasteiger partial charge in [0.15, 0.2) is 11.0 Å². The van der Waals surface area contributed by atoms with Gasteiger partial charge in [-0.1, -0.05) is 36.0 Å². The number of hydrogen-bond acceptors (Lipinski definition) is 7. The highest BCUT2D eigenvalue weighted by Crippen LogP contribution is 2.29. The fourth-order valence-electron chi connectivity index (χ4n) is 3.80. The van der Waals surface area contributed by atoms with E-state index in [0.717, 1.165) is 46.7 Å². The van der Waals surface area contributed by atoms with Crippen LogP contribution in [0, 0.1) is 6.92 Å². The third-order valence-electron chi connectivity index (χ3n) is 5.30. The van der Waals surface area contributed by atoms with Crippen LogP contribution in [0.2, 0.25) is 0 Å². The number of carbonyl (C=O) groups excluding carboxylic acids is 1. The van der Waals surface area contributed by atoms with E-state index in [1.165, 1.54) is 11.8 Å². The maximum Gasteiger partial charge on any atom is 0.236 e. The number of hydrogen-bond donors (Lipinski definition) is 1. The second-order valence-electron chi connectivity index (χ2n) is 7.78. The molecule has 1 fully saturated rings. The summed E-state index contributed by atoms with van der Waals surface area (Å²) < 4.78 is 9.67. The Morgan fingerprint density at radius 1 is 1.24 bits per heavy atom. The lowest BCUT2D eigenvalue weighted by Gasteiger charge is -2.14. The van der Waals surface area contributed by atoms with Crippen LogP contribution in [0.3, 0.4) is 0 Å². The minimum Gasteiger partial charge on any atom is -0.376 e. The lowest BCUT2D eigenvalue weighted by molar-refractivity contribution is -0.113. The van der Waals surface area contributed by atoms with Crippen LogP contribution >= 0.6 is 23.1 Å². The van der Waals surface area contributed by atoms with Gasteiger partial charge in [-0.15, -0.1) is 21.5 Å². The Balaban J connectivity index is 1.30. The molecule has 1 saturated heterocycles. The van der Waals surface area contributed by atoms with E-state index < -0.39 is 0 Å². The zero-order valence-electron chi connectivity index (χ0n) is 18.2. The summed E-state index contributed by atoms with van der Waals surface area (Å²) in [5.74, 6) is 1.56. The van der Waals surface area contributed by atoms with Gasteiger partial charge in [0, 0.05) is 12.7 Å². The first-order valence-corrected chi connectivity index (χ1v) is 12.7. The highest BCUT2D eigenvalue weighted by atomic mass is 32.2. The van der Waals surface area contributed by atoms with Crippen molar-refractivity contribution in [1.29, 1.82) is 0 Å². The van der Waals surface area contributed by atoms with Gasteiger partial charge in [-0.3, -0.25) is 9.36 Å². The van der Waals surface area contributed by atoms with Crippen LogP contribution in [0.1, 0.15) is 18.5 Å². The Morgan fingerprint density at radius 3 is 2.88 bits per heavy atom. The van der Waals surface area contributed by atoms with Gasteiger partial charge < -0.3 is 10.1 Å². The van der Waals surface area contributed by atoms with E-state index >= 15 is 0 Å². The largest absolute Gasteiger partial charge is 0.376 e. The molecule has 8 nitrogen and oxygen atoms in total. The maximum atomic E-state index is 12.8. The number of amides is 1. The predicted octanol–water partition coefficient (Wildman–Crippen LogP) is 4.41. The summed E-state index contributed by atoms with van der Waals surface area (Å²) in [7, 11) is 0. The fourth-order valence-corrected chi connectivity index (χ4v) is 5.27. The average Bonchev–Trinajstić information content (AvgIpc) is 3.62. The Bertz CT molecular complexity index is 1210. The van der Waals surface area contributed by atoms with Gasteiger partial charge in [0.1, 0.15) is 5.82 Å². The van der Waals surface area contributed by atoms with Gasteiger partial charge >= 0.3 is 0 Å². The van der Waals surface area contributed by atoms with Gasteiger partial charge in [-0.05, 0) is 43.3 Å². The van der Waals surface area contributed by atoms with Crippen LogP contribution in [0.15, 0.2) is 59.1 Å². The van der Waals surface area contributed by atoms with Crippen LogP contribution in [0.4, 0.5) is 5.82 Å². The molecule has 0 spiro atoms. The number of thioether (sulfide) groups is 1. The summed E-state index contributed by atoms with van der Waals surface area (Å²) in [4.78, 5) is 13.9. The number of carbonyl (C=O) groups is 1. The van der Waals surface area contributed by atoms with E-state index in [9.17, 15) is 4.79 Å². The quantitative estimate of drug-likeness (QED) is 0.376. The van der Waals surface area contributed by atoms with Gasteiger partial charge in [-0.2, -0.15) is 5.10 Å². The number of nitrogens with zero attached hydrogens (tertiary/aromatic N) is 5. The van der Waals surface area contributed by atoms with Gasteiger partial charge in [0.05, 0.1) is 34.7 Å². The summed E-state index contributed by atoms with van der Waals surface area (Å²) in [5.41, 5.74) is 1.73. The molecule has 3 aromatic heterocycles. The first kappa shape index (κ1) is 21.9. The van der Waals surface area contributed by atoms with E-state index in [0.29, 0.717) is 12.4 Å². The molecule has 1 amide bonds. The molecule has 0 radical (unpaired) electrons. The van der Waals surface area contributed by atoms with Crippen LogP contribution < -0.4 is 5.32 Å². The van der Waals surface area contributed by atoms with E-state index in [-0.39, 0.29) is 17.8 Å². The molecule has 1 atom stereocenters. The SMILES string of the molecule is Cc1cc(NC(=O)CSc2nnc(-c3cccs3)n2C[C@@H]2CCCO2)n(-c2ccccc2)n1. The molecule has 4 aromatic rings. The highest BCUT2D eigenvalue weighted by Gasteiger charge is 2.23. The number of anilines is 1. The van der Waals surface area contributed by atoms with Crippen molar-refractivity contribution in [1.82, 2.24) is 24.5 Å². The normalized spacial score (nSPS) is 15.7. The summed E-state index contributed by atoms with van der Waals surface area (Å²) in [6.07, 6.45) is 2.24. The smallest absolute Gasteiger partial charge is 0.236 e. The Morgan fingerprint density at radius 2 is 2.12 bits per heavy atom. The zero-order chi connectivity index (χ0) is 22.6. The topological polar surface area (TPSA) is 86.9 Å². The molecule has 0 aliphatic carbocycles. The number of aryl methyl sites for hydroxylation is 1. The highest BCUT2D eigenvalue weighted by molar-refractivity contribution is 7.99. The number of ether oxygens (including phenoxy) is 1. The Hall–Kier alpha value is -2.95. The third-order valence-corrected chi connectivity index (χ3v) is 7.13. The van der Waals surface area contributed by atoms with Crippen molar-refractivity contribution >= 4 is 34.8 Å². The van der Waals surface area contributed by atoms with E-state index in [1.807, 2.05) is 60.8 Å². The maximum absolute atomic E-state index is 12.8. The second-order valence-corrected chi connectivity index (χ2v) is 9.67. The number of rotatable bonds is 8. The van der Waals surface area contributed by atoms with E-state index in [2.05, 4.69) is 25.2 Å². The van der Waals surface area contributed by atoms with E-state index in [1.54, 1.807) is 16.0 Å². The molecule has 1 aliphatic heterocycles. The molecular formula is C23H24N6O2S2. The Kier molecular flexibility index (Phi) is 6.56. The van der Waals surface area contributed by atoms with Crippen molar-refractivity contribution in [3.8, 4) is 16.4 Å². The van der Waals surface area contributed by atoms with Crippen LogP contribution in [0.5, 0.6) is 0 Å². The van der Waals surface area contributed by atoms with Crippen LogP contribution in [0.25, 0.3) is 16.4 Å². The van der Waals surface area contributed by atoms with Gasteiger partial charge in [-0.25, -0.2) is 4.68 Å². The van der Waals surface area contributed by atoms with Crippen molar-refractivity contribution in [3.63, 3.8) is 0 Å². The number of benzene rings is 1. The van der Waals surface area contributed by atoms with Crippen LogP contribution in [-0.2, 0) is 16.1 Å². The summed E-state index contributed by atoms with van der Waals surface area (Å²) in [6.45, 7) is 3.38. The summed E-state index contributed by atoms with van der Waals surface area (Å²) in [6, 6.07) is 15.7. The summed E-state index contributed by atoms with van der Waals surface area (Å²) in [5, 5.41) is 19.1. The first-order chi connectivity index (χ1) is 16.2. The lowest BCUT2D eigenvalue weighted by atomic mass is 10.2. The first-order valence-electron chi connectivity index (χ1n) is 10.8. The molecule has 1 aliphatic rings. The number of thiophene rings is 1. The fraction of sp³-hybridized carbons (Fsp3) is 0.304. The average molecular weight is 481 g/mol. The van der Waals surface area contributed by atoms with Crippen molar-refractivity contribution in [2.45, 2.75) is 37.6 Å². The molecule has 0 saturated carbocycles. The molecule has 1 N–H and O–H groups in total. The zero-order valence-corrected chi connectivity index (χ0v) is 19.8. The third kappa shape index (κ3) is 5.02. The molecule has 170 valence electrons. The summed E-state index contributed by atoms with van der Waals surface area (Å²) >= 11 is 3.01. The van der Waals surface area contributed by atoms with Crippen molar-refractivity contribution < 1.29 is 9.53 Å². The number of aromatic nitrogens is 5. The number of para-hydroxylation sites is 1. The molecular weight excluding hydrogens is 456 g/mol. The standard InChI is InChI=1S/C23H24N6O2S2/c1-16-13-20(29(27-16)17-7-3-2-4-8-17)24-21(30)15-33-23-26-25-22(19-10-6-12-32-19)28(23)14-18-9-5-11-31-18/h2-4,6-8,10,12-13,18H,5,9,11,14-15H2,1H3,(H,24,30)/t18-/m0/s1. The monoisotopic (exact) mass is 480 g/mol.